The zero-order valence-electron chi connectivity index (χ0n) is 23.4. The highest BCUT2D eigenvalue weighted by Gasteiger charge is 2.14. The molecule has 6 aromatic carbocycles. The van der Waals surface area contributed by atoms with E-state index in [4.69, 9.17) is 20.1 Å². The maximum absolute atomic E-state index is 9.08. The largest absolute Gasteiger partial charge is 0.489 e. The van der Waals surface area contributed by atoms with Gasteiger partial charge in [-0.1, -0.05) is 109 Å². The van der Waals surface area contributed by atoms with Crippen molar-refractivity contribution in [1.29, 1.82) is 0 Å². The van der Waals surface area contributed by atoms with Gasteiger partial charge in [0.25, 0.3) is 0 Å². The van der Waals surface area contributed by atoms with Crippen molar-refractivity contribution in [3.63, 3.8) is 0 Å². The first-order chi connectivity index (χ1) is 21.5. The average molecular weight is 576 g/mol. The second-order valence-corrected chi connectivity index (χ2v) is 9.96. The Morgan fingerprint density at radius 2 is 0.636 bits per heavy atom. The van der Waals surface area contributed by atoms with E-state index < -0.39 is 14.2 Å². The smallest absolute Gasteiger partial charge is 0.423 e. The number of hydrogen-bond donors (Lipinski definition) is 4. The monoisotopic (exact) mass is 576 g/mol. The molecule has 0 aliphatic rings. The lowest BCUT2D eigenvalue weighted by molar-refractivity contribution is 0.425. The molecule has 8 nitrogen and oxygen atoms in total. The number of nitrogens with zero attached hydrogens (tertiary/aromatic N) is 4. The van der Waals surface area contributed by atoms with Crippen LogP contribution in [0, 0.1) is 0 Å². The first kappa shape index (κ1) is 28.9. The summed E-state index contributed by atoms with van der Waals surface area (Å²) in [5.41, 5.74) is 5.66. The van der Waals surface area contributed by atoms with Gasteiger partial charge in [-0.25, -0.2) is 19.9 Å². The van der Waals surface area contributed by atoms with Gasteiger partial charge in [0.05, 0.1) is 22.1 Å². The molecule has 0 unspecified atom stereocenters. The maximum atomic E-state index is 9.08. The molecule has 44 heavy (non-hydrogen) atoms. The summed E-state index contributed by atoms with van der Waals surface area (Å²) >= 11 is 0. The first-order valence-corrected chi connectivity index (χ1v) is 13.9. The van der Waals surface area contributed by atoms with E-state index in [0.29, 0.717) is 22.2 Å². The van der Waals surface area contributed by atoms with Crippen molar-refractivity contribution >= 4 is 80.1 Å². The second-order valence-electron chi connectivity index (χ2n) is 9.96. The van der Waals surface area contributed by atoms with Gasteiger partial charge in [0.2, 0.25) is 0 Å². The molecule has 0 aliphatic heterocycles. The number of para-hydroxylation sites is 4. The van der Waals surface area contributed by atoms with Gasteiger partial charge in [0.1, 0.15) is 0 Å². The van der Waals surface area contributed by atoms with Gasteiger partial charge in [-0.2, -0.15) is 0 Å². The van der Waals surface area contributed by atoms with E-state index in [9.17, 15) is 0 Å². The van der Waals surface area contributed by atoms with Crippen LogP contribution in [0.4, 0.5) is 0 Å². The Balaban J connectivity index is 0.000000120. The molecule has 4 N–H and O–H groups in total. The van der Waals surface area contributed by atoms with Crippen LogP contribution in [0.5, 0.6) is 0 Å². The lowest BCUT2D eigenvalue weighted by atomic mass is 9.77. The van der Waals surface area contributed by atoms with Crippen LogP contribution < -0.4 is 10.9 Å². The number of aromatic nitrogens is 4. The minimum absolute atomic E-state index is 0.554. The predicted molar refractivity (Wildman–Crippen MR) is 178 cm³/mol. The molecular weight excluding hydrogens is 550 g/mol. The van der Waals surface area contributed by atoms with Crippen molar-refractivity contribution in [2.45, 2.75) is 0 Å². The van der Waals surface area contributed by atoms with E-state index >= 15 is 0 Å². The molecule has 10 heteroatoms. The number of fused-ring (bicyclic) bond motifs is 5. The molecule has 0 saturated heterocycles. The molecule has 0 fully saturated rings. The van der Waals surface area contributed by atoms with E-state index in [-0.39, 0.29) is 0 Å². The van der Waals surface area contributed by atoms with Crippen molar-refractivity contribution < 1.29 is 20.1 Å². The normalized spacial score (nSPS) is 10.7. The molecule has 8 rings (SSSR count). The summed E-state index contributed by atoms with van der Waals surface area (Å²) in [7, 11) is -2.79. The second kappa shape index (κ2) is 12.9. The van der Waals surface area contributed by atoms with Crippen LogP contribution in [0.25, 0.3) is 54.9 Å². The van der Waals surface area contributed by atoms with Crippen LogP contribution in [0.2, 0.25) is 0 Å². The summed E-state index contributed by atoms with van der Waals surface area (Å²) in [5.74, 6) is 0. The standard InChI is InChI=1S/C14H8N4.2C10H9BO2/c1-2-6-10-9(5-1)15-13-14(16-10)18-12-8-4-3-7-11(12)17-13;2*12-11(13)10-7-3-5-8-4-1-2-6-9(8)10/h1-8H;2*1-7,12-13H. The van der Waals surface area contributed by atoms with Gasteiger partial charge < -0.3 is 20.1 Å². The third-order valence-electron chi connectivity index (χ3n) is 7.07. The zero-order chi connectivity index (χ0) is 30.5. The quantitative estimate of drug-likeness (QED) is 0.181. The highest BCUT2D eigenvalue weighted by atomic mass is 16.4. The minimum atomic E-state index is -1.40. The van der Waals surface area contributed by atoms with Crippen LogP contribution in [-0.2, 0) is 0 Å². The summed E-state index contributed by atoms with van der Waals surface area (Å²) in [5, 5.41) is 40.1. The fourth-order valence-corrected chi connectivity index (χ4v) is 4.96. The molecule has 0 amide bonds. The van der Waals surface area contributed by atoms with Gasteiger partial charge >= 0.3 is 14.2 Å². The fourth-order valence-electron chi connectivity index (χ4n) is 4.96. The summed E-state index contributed by atoms with van der Waals surface area (Å²) in [6.07, 6.45) is 0. The van der Waals surface area contributed by atoms with Gasteiger partial charge in [0, 0.05) is 0 Å². The van der Waals surface area contributed by atoms with Crippen LogP contribution in [-0.4, -0.2) is 54.3 Å². The Morgan fingerprint density at radius 3 is 0.977 bits per heavy atom. The van der Waals surface area contributed by atoms with Crippen LogP contribution >= 0.6 is 0 Å². The predicted octanol–water partition coefficient (Wildman–Crippen LogP) is 3.77. The Kier molecular flexibility index (Phi) is 8.49. The molecule has 0 atom stereocenters. The van der Waals surface area contributed by atoms with E-state index in [0.717, 1.165) is 43.6 Å². The Hall–Kier alpha value is -5.25. The molecule has 212 valence electrons. The molecular formula is C34H26B2N4O4. The van der Waals surface area contributed by atoms with Crippen molar-refractivity contribution in [3.05, 3.63) is 133 Å². The van der Waals surface area contributed by atoms with Gasteiger partial charge in [0.15, 0.2) is 11.3 Å². The fraction of sp³-hybridized carbons (Fsp3) is 0. The van der Waals surface area contributed by atoms with E-state index in [1.807, 2.05) is 121 Å². The third kappa shape index (κ3) is 6.24. The molecule has 0 saturated carbocycles. The highest BCUT2D eigenvalue weighted by Crippen LogP contribution is 2.17. The van der Waals surface area contributed by atoms with Gasteiger partial charge in [-0.05, 0) is 56.7 Å². The van der Waals surface area contributed by atoms with Crippen LogP contribution in [0.3, 0.4) is 0 Å². The third-order valence-corrected chi connectivity index (χ3v) is 7.07. The highest BCUT2D eigenvalue weighted by molar-refractivity contribution is 6.62. The molecule has 0 aliphatic carbocycles. The molecule has 8 aromatic rings. The van der Waals surface area contributed by atoms with Gasteiger partial charge in [-0.15, -0.1) is 0 Å². The average Bonchev–Trinajstić information content (AvgIpc) is 3.06. The van der Waals surface area contributed by atoms with Crippen molar-refractivity contribution in [2.24, 2.45) is 0 Å². The summed E-state index contributed by atoms with van der Waals surface area (Å²) < 4.78 is 0. The Morgan fingerprint density at radius 1 is 0.341 bits per heavy atom. The molecule has 2 heterocycles. The topological polar surface area (TPSA) is 132 Å². The zero-order valence-corrected chi connectivity index (χ0v) is 23.4. The van der Waals surface area contributed by atoms with Gasteiger partial charge in [-0.3, -0.25) is 0 Å². The van der Waals surface area contributed by atoms with E-state index in [2.05, 4.69) is 19.9 Å². The maximum Gasteiger partial charge on any atom is 0.489 e. The summed E-state index contributed by atoms with van der Waals surface area (Å²) in [6, 6.07) is 41.7. The lowest BCUT2D eigenvalue weighted by Crippen LogP contribution is -2.30. The Bertz CT molecular complexity index is 1990. The van der Waals surface area contributed by atoms with Crippen molar-refractivity contribution in [1.82, 2.24) is 19.9 Å². The molecule has 0 spiro atoms. The first-order valence-electron chi connectivity index (χ1n) is 13.9. The number of hydrogen-bond acceptors (Lipinski definition) is 8. The Labute approximate surface area is 253 Å². The van der Waals surface area contributed by atoms with Crippen LogP contribution in [0.1, 0.15) is 0 Å². The minimum Gasteiger partial charge on any atom is -0.423 e. The summed E-state index contributed by atoms with van der Waals surface area (Å²) in [6.45, 7) is 0. The van der Waals surface area contributed by atoms with E-state index in [1.54, 1.807) is 12.1 Å². The molecule has 0 radical (unpaired) electrons. The van der Waals surface area contributed by atoms with E-state index in [1.165, 1.54) is 0 Å². The van der Waals surface area contributed by atoms with Crippen LogP contribution in [0.15, 0.2) is 133 Å². The van der Waals surface area contributed by atoms with Crippen molar-refractivity contribution in [3.8, 4) is 0 Å². The lowest BCUT2D eigenvalue weighted by Gasteiger charge is -2.03. The SMILES string of the molecule is OB(O)c1cccc2ccccc12.OB(O)c1cccc2ccccc12.c1ccc2nc3nc4ccccc4nc3nc2c1. The summed E-state index contributed by atoms with van der Waals surface area (Å²) in [4.78, 5) is 18.0. The van der Waals surface area contributed by atoms with Crippen molar-refractivity contribution in [2.75, 3.05) is 0 Å². The number of rotatable bonds is 2. The molecule has 2 aromatic heterocycles. The molecule has 0 bridgehead atoms. The number of benzene rings is 6.